The van der Waals surface area contributed by atoms with Gasteiger partial charge in [0.25, 0.3) is 5.91 Å². The summed E-state index contributed by atoms with van der Waals surface area (Å²) in [6.07, 6.45) is 1.63. The van der Waals surface area contributed by atoms with Gasteiger partial charge in [-0.05, 0) is 36.1 Å². The van der Waals surface area contributed by atoms with Gasteiger partial charge in [-0.25, -0.2) is 4.79 Å². The maximum Gasteiger partial charge on any atom is 0.329 e. The van der Waals surface area contributed by atoms with Gasteiger partial charge in [-0.15, -0.1) is 0 Å². The minimum absolute atomic E-state index is 0.191. The molecule has 1 amide bonds. The highest BCUT2D eigenvalue weighted by Crippen LogP contribution is 2.22. The Hall–Kier alpha value is -3.13. The van der Waals surface area contributed by atoms with Gasteiger partial charge >= 0.3 is 5.97 Å². The largest absolute Gasteiger partial charge is 0.459 e. The molecule has 5 nitrogen and oxygen atoms in total. The molecule has 3 rings (SSSR count). The smallest absolute Gasteiger partial charge is 0.329 e. The molecule has 0 radical (unpaired) electrons. The van der Waals surface area contributed by atoms with Crippen LogP contribution in [0.3, 0.4) is 0 Å². The number of benzene rings is 2. The van der Waals surface area contributed by atoms with Gasteiger partial charge in [-0.3, -0.25) is 4.79 Å². The maximum absolute atomic E-state index is 12.8. The quantitative estimate of drug-likeness (QED) is 0.779. The van der Waals surface area contributed by atoms with E-state index >= 15 is 0 Å². The first-order chi connectivity index (χ1) is 12.7. The van der Waals surface area contributed by atoms with Gasteiger partial charge in [0, 0.05) is 12.1 Å². The Labute approximate surface area is 152 Å². The van der Waals surface area contributed by atoms with E-state index in [1.807, 2.05) is 36.4 Å². The molecule has 1 atom stereocenters. The normalized spacial score (nSPS) is 16.1. The van der Waals surface area contributed by atoms with Crippen molar-refractivity contribution in [3.05, 3.63) is 71.3 Å². The van der Waals surface area contributed by atoms with Gasteiger partial charge in [0.1, 0.15) is 12.6 Å². The van der Waals surface area contributed by atoms with E-state index in [0.29, 0.717) is 18.5 Å². The Balaban J connectivity index is 1.67. The van der Waals surface area contributed by atoms with E-state index in [-0.39, 0.29) is 24.9 Å². The molecule has 1 aliphatic rings. The van der Waals surface area contributed by atoms with Gasteiger partial charge in [0.2, 0.25) is 0 Å². The highest BCUT2D eigenvalue weighted by atomic mass is 16.5. The Morgan fingerprint density at radius 3 is 2.65 bits per heavy atom. The molecule has 1 saturated heterocycles. The summed E-state index contributed by atoms with van der Waals surface area (Å²) < 4.78 is 5.41. The molecule has 1 aliphatic heterocycles. The third-order valence-corrected chi connectivity index (χ3v) is 4.47. The Morgan fingerprint density at radius 2 is 1.88 bits per heavy atom. The lowest BCUT2D eigenvalue weighted by Crippen LogP contribution is -2.41. The van der Waals surface area contributed by atoms with Crippen LogP contribution in [0.2, 0.25) is 0 Å². The van der Waals surface area contributed by atoms with Crippen LogP contribution in [0.4, 0.5) is 0 Å². The van der Waals surface area contributed by atoms with Crippen LogP contribution in [0.1, 0.15) is 34.3 Å². The summed E-state index contributed by atoms with van der Waals surface area (Å²) in [5, 5.41) is 8.82. The second-order valence-electron chi connectivity index (χ2n) is 6.29. The number of likely N-dealkylation sites (tertiary alicyclic amines) is 1. The van der Waals surface area contributed by atoms with Crippen LogP contribution in [0.15, 0.2) is 54.6 Å². The summed E-state index contributed by atoms with van der Waals surface area (Å²) in [5.41, 5.74) is 2.21. The number of hydrogen-bond acceptors (Lipinski definition) is 4. The van der Waals surface area contributed by atoms with E-state index in [1.165, 1.54) is 0 Å². The third-order valence-electron chi connectivity index (χ3n) is 4.47. The molecule has 2 aromatic carbocycles. The lowest BCUT2D eigenvalue weighted by atomic mass is 10.1. The molecular formula is C21H20N2O3. The highest BCUT2D eigenvalue weighted by Gasteiger charge is 2.35. The lowest BCUT2D eigenvalue weighted by molar-refractivity contribution is -0.149. The number of amides is 1. The second-order valence-corrected chi connectivity index (χ2v) is 6.29. The van der Waals surface area contributed by atoms with Crippen molar-refractivity contribution in [1.29, 1.82) is 5.26 Å². The maximum atomic E-state index is 12.8. The Kier molecular flexibility index (Phi) is 5.65. The van der Waals surface area contributed by atoms with Crippen molar-refractivity contribution in [2.24, 2.45) is 0 Å². The molecule has 0 spiro atoms. The zero-order valence-electron chi connectivity index (χ0n) is 14.4. The van der Waals surface area contributed by atoms with Crippen molar-refractivity contribution < 1.29 is 14.3 Å². The van der Waals surface area contributed by atoms with E-state index in [0.717, 1.165) is 17.5 Å². The molecule has 0 N–H and O–H groups in total. The fourth-order valence-corrected chi connectivity index (χ4v) is 3.15. The van der Waals surface area contributed by atoms with Crippen molar-refractivity contribution in [3.63, 3.8) is 0 Å². The minimum Gasteiger partial charge on any atom is -0.459 e. The van der Waals surface area contributed by atoms with E-state index < -0.39 is 6.04 Å². The van der Waals surface area contributed by atoms with E-state index in [4.69, 9.17) is 10.00 Å². The molecule has 0 aliphatic carbocycles. The summed E-state index contributed by atoms with van der Waals surface area (Å²) in [4.78, 5) is 26.9. The summed E-state index contributed by atoms with van der Waals surface area (Å²) >= 11 is 0. The van der Waals surface area contributed by atoms with Crippen LogP contribution >= 0.6 is 0 Å². The van der Waals surface area contributed by atoms with Crippen LogP contribution in [0, 0.1) is 11.3 Å². The predicted molar refractivity (Wildman–Crippen MR) is 96.1 cm³/mol. The molecule has 0 bridgehead atoms. The summed E-state index contributed by atoms with van der Waals surface area (Å²) in [5.74, 6) is -0.558. The SMILES string of the molecule is N#CCc1cccc(C(=O)N2CCC[C@@H]2C(=O)OCc2ccccc2)c1. The van der Waals surface area contributed by atoms with Crippen LogP contribution in [0.5, 0.6) is 0 Å². The number of carbonyl (C=O) groups excluding carboxylic acids is 2. The minimum atomic E-state index is -0.550. The molecule has 2 aromatic rings. The van der Waals surface area contributed by atoms with Crippen molar-refractivity contribution in [2.45, 2.75) is 31.9 Å². The first-order valence-electron chi connectivity index (χ1n) is 8.66. The van der Waals surface area contributed by atoms with Crippen molar-refractivity contribution in [3.8, 4) is 6.07 Å². The van der Waals surface area contributed by atoms with Crippen LogP contribution in [0.25, 0.3) is 0 Å². The topological polar surface area (TPSA) is 70.4 Å². The average molecular weight is 348 g/mol. The van der Waals surface area contributed by atoms with Crippen LogP contribution < -0.4 is 0 Å². The van der Waals surface area contributed by atoms with Crippen molar-refractivity contribution >= 4 is 11.9 Å². The molecule has 0 aromatic heterocycles. The first kappa shape index (κ1) is 17.7. The summed E-state index contributed by atoms with van der Waals surface area (Å²) in [6.45, 7) is 0.738. The fourth-order valence-electron chi connectivity index (χ4n) is 3.15. The van der Waals surface area contributed by atoms with E-state index in [1.54, 1.807) is 23.1 Å². The molecule has 132 valence electrons. The number of esters is 1. The first-order valence-corrected chi connectivity index (χ1v) is 8.66. The third kappa shape index (κ3) is 4.09. The number of carbonyl (C=O) groups is 2. The summed E-state index contributed by atoms with van der Waals surface area (Å²) in [6, 6.07) is 18.0. The molecule has 5 heteroatoms. The molecule has 1 heterocycles. The van der Waals surface area contributed by atoms with Crippen molar-refractivity contribution in [1.82, 2.24) is 4.90 Å². The zero-order chi connectivity index (χ0) is 18.4. The van der Waals surface area contributed by atoms with E-state index in [9.17, 15) is 9.59 Å². The molecular weight excluding hydrogens is 328 g/mol. The molecule has 1 fully saturated rings. The van der Waals surface area contributed by atoms with Gasteiger partial charge in [0.05, 0.1) is 12.5 Å². The lowest BCUT2D eigenvalue weighted by Gasteiger charge is -2.23. The van der Waals surface area contributed by atoms with Crippen molar-refractivity contribution in [2.75, 3.05) is 6.54 Å². The zero-order valence-corrected chi connectivity index (χ0v) is 14.4. The number of rotatable bonds is 5. The van der Waals surface area contributed by atoms with Crippen LogP contribution in [-0.2, 0) is 22.6 Å². The Bertz CT molecular complexity index is 827. The molecule has 26 heavy (non-hydrogen) atoms. The number of nitrogens with zero attached hydrogens (tertiary/aromatic N) is 2. The second kappa shape index (κ2) is 8.30. The molecule has 0 saturated carbocycles. The number of ether oxygens (including phenoxy) is 1. The van der Waals surface area contributed by atoms with E-state index in [2.05, 4.69) is 6.07 Å². The molecule has 0 unspecified atom stereocenters. The van der Waals surface area contributed by atoms with Crippen LogP contribution in [-0.4, -0.2) is 29.4 Å². The van der Waals surface area contributed by atoms with Gasteiger partial charge < -0.3 is 9.64 Å². The average Bonchev–Trinajstić information content (AvgIpc) is 3.17. The monoisotopic (exact) mass is 348 g/mol. The van der Waals surface area contributed by atoms with Gasteiger partial charge in [-0.2, -0.15) is 5.26 Å². The van der Waals surface area contributed by atoms with Gasteiger partial charge in [-0.1, -0.05) is 42.5 Å². The number of nitriles is 1. The standard InChI is InChI=1S/C21H20N2O3/c22-12-11-16-8-4-9-18(14-16)20(24)23-13-5-10-19(23)21(25)26-15-17-6-2-1-3-7-17/h1-4,6-9,14,19H,5,10-11,13,15H2/t19-/m1/s1. The van der Waals surface area contributed by atoms with Gasteiger partial charge in [0.15, 0.2) is 0 Å². The fraction of sp³-hybridized carbons (Fsp3) is 0.286. The Morgan fingerprint density at radius 1 is 1.12 bits per heavy atom. The summed E-state index contributed by atoms with van der Waals surface area (Å²) in [7, 11) is 0. The predicted octanol–water partition coefficient (Wildman–Crippen LogP) is 3.10. The number of hydrogen-bond donors (Lipinski definition) is 0. The highest BCUT2D eigenvalue weighted by molar-refractivity contribution is 5.97.